The van der Waals surface area contributed by atoms with E-state index in [1.807, 2.05) is 0 Å². The normalized spacial score (nSPS) is 11.6. The Morgan fingerprint density at radius 3 is 2.57 bits per heavy atom. The van der Waals surface area contributed by atoms with Crippen LogP contribution in [0.5, 0.6) is 0 Å². The maximum atomic E-state index is 12.9. The van der Waals surface area contributed by atoms with Crippen molar-refractivity contribution in [2.24, 2.45) is 0 Å². The van der Waals surface area contributed by atoms with Crippen molar-refractivity contribution in [1.29, 1.82) is 0 Å². The van der Waals surface area contributed by atoms with Crippen LogP contribution in [0.3, 0.4) is 0 Å². The van der Waals surface area contributed by atoms with E-state index >= 15 is 0 Å². The van der Waals surface area contributed by atoms with Crippen LogP contribution in [0.25, 0.3) is 5.65 Å². The van der Waals surface area contributed by atoms with Gasteiger partial charge in [-0.05, 0) is 6.07 Å². The topological polar surface area (TPSA) is 59.3 Å². The van der Waals surface area contributed by atoms with Crippen molar-refractivity contribution in [1.82, 2.24) is 19.9 Å². The summed E-state index contributed by atoms with van der Waals surface area (Å²) in [4.78, 5) is 15.2. The first-order valence-corrected chi connectivity index (χ1v) is 6.43. The number of thiol groups is 1. The van der Waals surface area contributed by atoms with Crippen molar-refractivity contribution in [3.63, 3.8) is 0 Å². The highest BCUT2D eigenvalue weighted by atomic mass is 32.1. The zero-order chi connectivity index (χ0) is 15.6. The lowest BCUT2D eigenvalue weighted by molar-refractivity contribution is 0.0949. The quantitative estimate of drug-likeness (QED) is 0.656. The number of alkyl halides is 4. The molecule has 0 saturated heterocycles. The number of halogens is 4. The third kappa shape index (κ3) is 3.26. The smallest absolute Gasteiger partial charge is 0.280 e. The predicted molar refractivity (Wildman–Crippen MR) is 69.1 cm³/mol. The Balaban J connectivity index is 2.50. The molecule has 0 aliphatic carbocycles. The molecule has 0 saturated carbocycles. The van der Waals surface area contributed by atoms with Crippen molar-refractivity contribution in [3.05, 3.63) is 29.2 Å². The molecule has 2 heterocycles. The number of nitrogens with zero attached hydrogens (tertiary/aromatic N) is 3. The van der Waals surface area contributed by atoms with Gasteiger partial charge in [-0.1, -0.05) is 0 Å². The standard InChI is InChI=1S/C11H10F4N4OS/c12-9(13)5-3-7(10(14)15)19-8(17-5)4-6(18-19)11(20)16-1-2-21/h3-4,9-10,21H,1-2H2,(H,16,20). The van der Waals surface area contributed by atoms with Crippen molar-refractivity contribution in [3.8, 4) is 0 Å². The van der Waals surface area contributed by atoms with Crippen molar-refractivity contribution in [2.45, 2.75) is 12.9 Å². The molecule has 0 radical (unpaired) electrons. The Morgan fingerprint density at radius 1 is 1.29 bits per heavy atom. The molecule has 10 heteroatoms. The first-order chi connectivity index (χ1) is 9.93. The van der Waals surface area contributed by atoms with Gasteiger partial charge in [-0.15, -0.1) is 0 Å². The monoisotopic (exact) mass is 322 g/mol. The SMILES string of the molecule is O=C(NCCS)c1cc2nc(C(F)F)cc(C(F)F)n2n1. The van der Waals surface area contributed by atoms with Crippen molar-refractivity contribution >= 4 is 24.2 Å². The largest absolute Gasteiger partial charge is 0.350 e. The van der Waals surface area contributed by atoms with Crippen LogP contribution in [-0.4, -0.2) is 32.8 Å². The summed E-state index contributed by atoms with van der Waals surface area (Å²) in [6.45, 7) is 0.257. The van der Waals surface area contributed by atoms with Crippen molar-refractivity contribution in [2.75, 3.05) is 12.3 Å². The number of fused-ring (bicyclic) bond motifs is 1. The Bertz CT molecular complexity index is 661. The van der Waals surface area contributed by atoms with Gasteiger partial charge in [0.15, 0.2) is 11.3 Å². The van der Waals surface area contributed by atoms with E-state index in [4.69, 9.17) is 0 Å². The van der Waals surface area contributed by atoms with Gasteiger partial charge in [0.2, 0.25) is 0 Å². The van der Waals surface area contributed by atoms with Crippen LogP contribution < -0.4 is 5.32 Å². The van der Waals surface area contributed by atoms with E-state index in [9.17, 15) is 22.4 Å². The highest BCUT2D eigenvalue weighted by molar-refractivity contribution is 7.80. The number of nitrogens with one attached hydrogen (secondary N) is 1. The molecule has 114 valence electrons. The Labute approximate surface area is 121 Å². The maximum absolute atomic E-state index is 12.9. The lowest BCUT2D eigenvalue weighted by Gasteiger charge is -2.06. The van der Waals surface area contributed by atoms with Crippen LogP contribution in [0.1, 0.15) is 34.7 Å². The summed E-state index contributed by atoms with van der Waals surface area (Å²) in [7, 11) is 0. The van der Waals surface area contributed by atoms with Crippen LogP contribution >= 0.6 is 12.6 Å². The first-order valence-electron chi connectivity index (χ1n) is 5.80. The number of hydrogen-bond acceptors (Lipinski definition) is 4. The summed E-state index contributed by atoms with van der Waals surface area (Å²) in [6.07, 6.45) is -6.02. The Hall–Kier alpha value is -1.84. The van der Waals surface area contributed by atoms with Gasteiger partial charge in [0, 0.05) is 18.4 Å². The van der Waals surface area contributed by atoms with Gasteiger partial charge >= 0.3 is 0 Å². The lowest BCUT2D eigenvalue weighted by Crippen LogP contribution is -2.25. The minimum absolute atomic E-state index is 0.183. The zero-order valence-electron chi connectivity index (χ0n) is 10.4. The molecule has 2 aromatic rings. The molecule has 0 aliphatic rings. The van der Waals surface area contributed by atoms with Crippen LogP contribution in [-0.2, 0) is 0 Å². The molecule has 0 aliphatic heterocycles. The lowest BCUT2D eigenvalue weighted by atomic mass is 10.3. The second kappa shape index (κ2) is 6.29. The average Bonchev–Trinajstić information content (AvgIpc) is 2.87. The van der Waals surface area contributed by atoms with Crippen molar-refractivity contribution < 1.29 is 22.4 Å². The van der Waals surface area contributed by atoms with Crippen LogP contribution in [0.15, 0.2) is 12.1 Å². The number of amides is 1. The van der Waals surface area contributed by atoms with E-state index in [0.29, 0.717) is 16.3 Å². The summed E-state index contributed by atoms with van der Waals surface area (Å²) in [5.41, 5.74) is -1.96. The Kier molecular flexibility index (Phi) is 4.66. The average molecular weight is 322 g/mol. The summed E-state index contributed by atoms with van der Waals surface area (Å²) in [5.74, 6) is -0.233. The van der Waals surface area contributed by atoms with Crippen LogP contribution in [0.2, 0.25) is 0 Å². The Morgan fingerprint density at radius 2 is 2.00 bits per heavy atom. The van der Waals surface area contributed by atoms with E-state index in [-0.39, 0.29) is 17.9 Å². The fourth-order valence-corrected chi connectivity index (χ4v) is 1.77. The molecule has 1 N–H and O–H groups in total. The molecule has 0 fully saturated rings. The molecule has 5 nitrogen and oxygen atoms in total. The summed E-state index contributed by atoms with van der Waals surface area (Å²) in [5, 5.41) is 6.12. The molecule has 0 atom stereocenters. The fraction of sp³-hybridized carbons (Fsp3) is 0.364. The zero-order valence-corrected chi connectivity index (χ0v) is 11.3. The molecule has 2 aromatic heterocycles. The van der Waals surface area contributed by atoms with E-state index in [2.05, 4.69) is 28.0 Å². The molecule has 0 bridgehead atoms. The number of rotatable bonds is 5. The molecular weight excluding hydrogens is 312 g/mol. The highest BCUT2D eigenvalue weighted by Gasteiger charge is 2.21. The molecule has 0 unspecified atom stereocenters. The van der Waals surface area contributed by atoms with Gasteiger partial charge in [0.1, 0.15) is 11.4 Å². The van der Waals surface area contributed by atoms with Gasteiger partial charge in [0.05, 0.1) is 0 Å². The van der Waals surface area contributed by atoms with Crippen LogP contribution in [0.4, 0.5) is 17.6 Å². The third-order valence-corrected chi connectivity index (χ3v) is 2.78. The van der Waals surface area contributed by atoms with Gasteiger partial charge in [-0.25, -0.2) is 27.1 Å². The van der Waals surface area contributed by atoms with Gasteiger partial charge < -0.3 is 5.32 Å². The minimum atomic E-state index is -3.03. The van der Waals surface area contributed by atoms with E-state index < -0.39 is 30.1 Å². The summed E-state index contributed by atoms with van der Waals surface area (Å²) >= 11 is 3.90. The predicted octanol–water partition coefficient (Wildman–Crippen LogP) is 2.26. The highest BCUT2D eigenvalue weighted by Crippen LogP contribution is 2.25. The molecule has 0 aromatic carbocycles. The molecular formula is C11H10F4N4OS. The number of carbonyl (C=O) groups is 1. The second-order valence-corrected chi connectivity index (χ2v) is 4.43. The number of carbonyl (C=O) groups excluding carboxylic acids is 1. The van der Waals surface area contributed by atoms with E-state index in [0.717, 1.165) is 6.07 Å². The van der Waals surface area contributed by atoms with E-state index in [1.165, 1.54) is 0 Å². The summed E-state index contributed by atoms with van der Waals surface area (Å²) < 4.78 is 51.8. The molecule has 21 heavy (non-hydrogen) atoms. The molecule has 0 spiro atoms. The summed E-state index contributed by atoms with van der Waals surface area (Å²) in [6, 6.07) is 1.65. The fourth-order valence-electron chi connectivity index (χ4n) is 1.66. The van der Waals surface area contributed by atoms with Gasteiger partial charge in [0.25, 0.3) is 18.8 Å². The first kappa shape index (κ1) is 15.5. The van der Waals surface area contributed by atoms with Crippen LogP contribution in [0, 0.1) is 0 Å². The number of aromatic nitrogens is 3. The third-order valence-electron chi connectivity index (χ3n) is 2.55. The second-order valence-electron chi connectivity index (χ2n) is 3.99. The minimum Gasteiger partial charge on any atom is -0.350 e. The maximum Gasteiger partial charge on any atom is 0.280 e. The number of hydrogen-bond donors (Lipinski definition) is 2. The van der Waals surface area contributed by atoms with E-state index in [1.54, 1.807) is 0 Å². The molecule has 2 rings (SSSR count). The van der Waals surface area contributed by atoms with Gasteiger partial charge in [-0.3, -0.25) is 4.79 Å². The van der Waals surface area contributed by atoms with Gasteiger partial charge in [-0.2, -0.15) is 17.7 Å². The molecule has 1 amide bonds.